The van der Waals surface area contributed by atoms with Crippen LogP contribution >= 0.6 is 24.0 Å². The standard InChI is InChI=1S/C18H38N6O.HI/c1-6-7-9-22(5)10-8-20-18(19-4)24-13-11-23(12-14-24)15-17(25)21-16(2)3;/h16H,6-15H2,1-5H3,(H,19,20)(H,21,25);1H. The average Bonchev–Trinajstić information content (AvgIpc) is 2.57. The van der Waals surface area contributed by atoms with Crippen LogP contribution in [0.4, 0.5) is 0 Å². The highest BCUT2D eigenvalue weighted by atomic mass is 127. The molecule has 0 aromatic carbocycles. The predicted octanol–water partition coefficient (Wildman–Crippen LogP) is 1.05. The zero-order valence-electron chi connectivity index (χ0n) is 17.3. The second kappa shape index (κ2) is 14.4. The molecule has 0 saturated carbocycles. The van der Waals surface area contributed by atoms with Gasteiger partial charge in [-0.3, -0.25) is 14.7 Å². The van der Waals surface area contributed by atoms with E-state index in [4.69, 9.17) is 0 Å². The molecule has 7 nitrogen and oxygen atoms in total. The van der Waals surface area contributed by atoms with Crippen LogP contribution in [0.3, 0.4) is 0 Å². The number of nitrogens with zero attached hydrogens (tertiary/aromatic N) is 4. The largest absolute Gasteiger partial charge is 0.355 e. The molecular weight excluding hydrogens is 443 g/mol. The van der Waals surface area contributed by atoms with Crippen LogP contribution in [0.25, 0.3) is 0 Å². The third-order valence-corrected chi connectivity index (χ3v) is 4.37. The van der Waals surface area contributed by atoms with E-state index in [0.717, 1.165) is 51.8 Å². The quantitative estimate of drug-likeness (QED) is 0.292. The summed E-state index contributed by atoms with van der Waals surface area (Å²) in [6.45, 7) is 13.4. The number of amides is 1. The van der Waals surface area contributed by atoms with Crippen molar-refractivity contribution in [3.8, 4) is 0 Å². The highest BCUT2D eigenvalue weighted by Gasteiger charge is 2.21. The molecule has 1 rings (SSSR count). The number of hydrogen-bond acceptors (Lipinski definition) is 4. The van der Waals surface area contributed by atoms with Gasteiger partial charge in [0.15, 0.2) is 5.96 Å². The number of carbonyl (C=O) groups is 1. The van der Waals surface area contributed by atoms with Crippen molar-refractivity contribution >= 4 is 35.8 Å². The van der Waals surface area contributed by atoms with Gasteiger partial charge in [-0.1, -0.05) is 13.3 Å². The highest BCUT2D eigenvalue weighted by Crippen LogP contribution is 2.02. The second-order valence-corrected chi connectivity index (χ2v) is 7.12. The lowest BCUT2D eigenvalue weighted by Gasteiger charge is -2.36. The number of rotatable bonds is 9. The van der Waals surface area contributed by atoms with Crippen molar-refractivity contribution in [2.45, 2.75) is 39.7 Å². The minimum atomic E-state index is 0. The van der Waals surface area contributed by atoms with Crippen LogP contribution in [0.5, 0.6) is 0 Å². The van der Waals surface area contributed by atoms with E-state index in [-0.39, 0.29) is 35.9 Å². The van der Waals surface area contributed by atoms with Gasteiger partial charge in [0.1, 0.15) is 0 Å². The topological polar surface area (TPSA) is 63.2 Å². The number of halogens is 1. The number of likely N-dealkylation sites (N-methyl/N-ethyl adjacent to an activating group) is 1. The Labute approximate surface area is 177 Å². The Morgan fingerprint density at radius 2 is 1.85 bits per heavy atom. The number of unbranched alkanes of at least 4 members (excludes halogenated alkanes) is 1. The van der Waals surface area contributed by atoms with Crippen LogP contribution in [0.15, 0.2) is 4.99 Å². The molecule has 1 fully saturated rings. The van der Waals surface area contributed by atoms with Gasteiger partial charge in [0.2, 0.25) is 5.91 Å². The molecule has 0 aromatic heterocycles. The minimum Gasteiger partial charge on any atom is -0.355 e. The SMILES string of the molecule is CCCCN(C)CCNC(=NC)N1CCN(CC(=O)NC(C)C)CC1.I. The molecule has 26 heavy (non-hydrogen) atoms. The van der Waals surface area contributed by atoms with Crippen LogP contribution in [-0.2, 0) is 4.79 Å². The highest BCUT2D eigenvalue weighted by molar-refractivity contribution is 14.0. The summed E-state index contributed by atoms with van der Waals surface area (Å²) in [6, 6.07) is 0.201. The molecule has 8 heteroatoms. The monoisotopic (exact) mass is 482 g/mol. The Kier molecular flexibility index (Phi) is 14.1. The van der Waals surface area contributed by atoms with E-state index in [9.17, 15) is 4.79 Å². The Bertz CT molecular complexity index is 410. The Morgan fingerprint density at radius 3 is 2.38 bits per heavy atom. The smallest absolute Gasteiger partial charge is 0.234 e. The van der Waals surface area contributed by atoms with Crippen LogP contribution in [0, 0.1) is 0 Å². The van der Waals surface area contributed by atoms with E-state index in [1.165, 1.54) is 12.8 Å². The zero-order valence-corrected chi connectivity index (χ0v) is 19.6. The van der Waals surface area contributed by atoms with Gasteiger partial charge >= 0.3 is 0 Å². The normalized spacial score (nSPS) is 16.0. The first-order valence-corrected chi connectivity index (χ1v) is 9.62. The van der Waals surface area contributed by atoms with E-state index in [2.05, 4.69) is 44.3 Å². The van der Waals surface area contributed by atoms with Crippen molar-refractivity contribution in [1.29, 1.82) is 0 Å². The van der Waals surface area contributed by atoms with E-state index in [1.807, 2.05) is 20.9 Å². The molecule has 1 aliphatic rings. The summed E-state index contributed by atoms with van der Waals surface area (Å²) in [5, 5.41) is 6.42. The fourth-order valence-electron chi connectivity index (χ4n) is 2.92. The Hall–Kier alpha value is -0.610. The Balaban J connectivity index is 0.00000625. The fourth-order valence-corrected chi connectivity index (χ4v) is 2.92. The van der Waals surface area contributed by atoms with Crippen LogP contribution in [0.1, 0.15) is 33.6 Å². The number of aliphatic imine (C=N–C) groups is 1. The van der Waals surface area contributed by atoms with E-state index < -0.39 is 0 Å². The molecular formula is C18H39IN6O. The number of carbonyl (C=O) groups excluding carboxylic acids is 1. The van der Waals surface area contributed by atoms with Crippen molar-refractivity contribution in [3.05, 3.63) is 0 Å². The van der Waals surface area contributed by atoms with Gasteiger partial charge in [0.25, 0.3) is 0 Å². The number of nitrogens with one attached hydrogen (secondary N) is 2. The maximum Gasteiger partial charge on any atom is 0.234 e. The van der Waals surface area contributed by atoms with Crippen molar-refractivity contribution in [2.75, 3.05) is 66.5 Å². The number of hydrogen-bond donors (Lipinski definition) is 2. The lowest BCUT2D eigenvalue weighted by Crippen LogP contribution is -2.54. The molecule has 0 atom stereocenters. The maximum absolute atomic E-state index is 11.9. The molecule has 1 amide bonds. The van der Waals surface area contributed by atoms with Gasteiger partial charge in [-0.25, -0.2) is 0 Å². The van der Waals surface area contributed by atoms with Crippen LogP contribution < -0.4 is 10.6 Å². The van der Waals surface area contributed by atoms with Crippen LogP contribution in [-0.4, -0.2) is 99.1 Å². The van der Waals surface area contributed by atoms with Gasteiger partial charge < -0.3 is 20.4 Å². The predicted molar refractivity (Wildman–Crippen MR) is 120 cm³/mol. The molecule has 0 radical (unpaired) electrons. The third-order valence-electron chi connectivity index (χ3n) is 4.37. The first-order chi connectivity index (χ1) is 12.0. The van der Waals surface area contributed by atoms with Crippen molar-refractivity contribution < 1.29 is 4.79 Å². The Morgan fingerprint density at radius 1 is 1.19 bits per heavy atom. The van der Waals surface area contributed by atoms with Crippen molar-refractivity contribution in [3.63, 3.8) is 0 Å². The molecule has 0 bridgehead atoms. The summed E-state index contributed by atoms with van der Waals surface area (Å²) in [5.74, 6) is 1.08. The molecule has 1 heterocycles. The summed E-state index contributed by atoms with van der Waals surface area (Å²) < 4.78 is 0. The minimum absolute atomic E-state index is 0. The van der Waals surface area contributed by atoms with Gasteiger partial charge in [0.05, 0.1) is 6.54 Å². The van der Waals surface area contributed by atoms with E-state index >= 15 is 0 Å². The summed E-state index contributed by atoms with van der Waals surface area (Å²) in [5.41, 5.74) is 0. The van der Waals surface area contributed by atoms with E-state index in [1.54, 1.807) is 0 Å². The molecule has 1 saturated heterocycles. The third kappa shape index (κ3) is 10.5. The lowest BCUT2D eigenvalue weighted by atomic mass is 10.3. The molecule has 1 aliphatic heterocycles. The summed E-state index contributed by atoms with van der Waals surface area (Å²) in [7, 11) is 4.01. The first-order valence-electron chi connectivity index (χ1n) is 9.62. The van der Waals surface area contributed by atoms with Gasteiger partial charge in [0, 0.05) is 52.4 Å². The first kappa shape index (κ1) is 25.4. The zero-order chi connectivity index (χ0) is 18.7. The lowest BCUT2D eigenvalue weighted by molar-refractivity contribution is -0.123. The molecule has 0 aliphatic carbocycles. The van der Waals surface area contributed by atoms with Gasteiger partial charge in [-0.2, -0.15) is 0 Å². The number of guanidine groups is 1. The fraction of sp³-hybridized carbons (Fsp3) is 0.889. The van der Waals surface area contributed by atoms with Crippen molar-refractivity contribution in [1.82, 2.24) is 25.3 Å². The van der Waals surface area contributed by atoms with Crippen molar-refractivity contribution in [2.24, 2.45) is 4.99 Å². The molecule has 0 spiro atoms. The average molecular weight is 482 g/mol. The summed E-state index contributed by atoms with van der Waals surface area (Å²) >= 11 is 0. The summed E-state index contributed by atoms with van der Waals surface area (Å²) in [6.07, 6.45) is 2.48. The molecule has 0 aromatic rings. The van der Waals surface area contributed by atoms with Gasteiger partial charge in [-0.15, -0.1) is 24.0 Å². The van der Waals surface area contributed by atoms with E-state index in [0.29, 0.717) is 6.54 Å². The number of piperazine rings is 1. The second-order valence-electron chi connectivity index (χ2n) is 7.12. The maximum atomic E-state index is 11.9. The molecule has 0 unspecified atom stereocenters. The van der Waals surface area contributed by atoms with Gasteiger partial charge in [-0.05, 0) is 33.9 Å². The summed E-state index contributed by atoms with van der Waals surface area (Å²) in [4.78, 5) is 23.1. The molecule has 154 valence electrons. The van der Waals surface area contributed by atoms with Crippen LogP contribution in [0.2, 0.25) is 0 Å². The molecule has 2 N–H and O–H groups in total.